The quantitative estimate of drug-likeness (QED) is 0.807. The number of ether oxygens (including phenoxy) is 1. The zero-order chi connectivity index (χ0) is 16.5. The minimum absolute atomic E-state index is 0.123. The Labute approximate surface area is 129 Å². The first-order valence-electron chi connectivity index (χ1n) is 6.71. The number of amides is 1. The van der Waals surface area contributed by atoms with Crippen molar-refractivity contribution in [1.82, 2.24) is 0 Å². The molecule has 2 rings (SSSR count). The number of hydrogen-bond donors (Lipinski definition) is 1. The maximum absolute atomic E-state index is 12.1. The number of nitrogens with two attached hydrogens (primary N) is 1. The molecule has 1 aliphatic rings. The number of sulfonamides is 1. The molecule has 0 spiro atoms. The van der Waals surface area contributed by atoms with E-state index in [0.717, 1.165) is 5.56 Å². The zero-order valence-corrected chi connectivity index (χ0v) is 13.2. The number of benzene rings is 1. The van der Waals surface area contributed by atoms with Crippen LogP contribution in [0.25, 0.3) is 0 Å². The molecule has 0 bridgehead atoms. The molecule has 1 saturated heterocycles. The molecule has 0 aromatic heterocycles. The number of hydrogen-bond acceptors (Lipinski definition) is 5. The molecule has 1 atom stereocenters. The molecule has 0 radical (unpaired) electrons. The smallest absolute Gasteiger partial charge is 0.337 e. The Kier molecular flexibility index (Phi) is 4.52. The second kappa shape index (κ2) is 6.05. The molecule has 1 aromatic rings. The van der Waals surface area contributed by atoms with E-state index in [1.54, 1.807) is 18.2 Å². The van der Waals surface area contributed by atoms with Gasteiger partial charge in [-0.2, -0.15) is 0 Å². The topological polar surface area (TPSA) is 107 Å². The Balaban J connectivity index is 2.28. The molecule has 1 fully saturated rings. The summed E-state index contributed by atoms with van der Waals surface area (Å²) in [5.74, 6) is -1.25. The minimum atomic E-state index is -3.63. The summed E-state index contributed by atoms with van der Waals surface area (Å²) in [6.45, 7) is 2.08. The van der Waals surface area contributed by atoms with E-state index in [2.05, 4.69) is 4.74 Å². The molecule has 2 N–H and O–H groups in total. The first kappa shape index (κ1) is 16.4. The number of carbonyl (C=O) groups is 2. The molecule has 1 heterocycles. The number of aryl methyl sites for hydroxylation is 1. The number of primary sulfonamides is 1. The largest absolute Gasteiger partial charge is 0.465 e. The first-order chi connectivity index (χ1) is 10.2. The maximum Gasteiger partial charge on any atom is 0.337 e. The maximum atomic E-state index is 12.1. The zero-order valence-electron chi connectivity index (χ0n) is 12.4. The van der Waals surface area contributed by atoms with Crippen molar-refractivity contribution in [3.8, 4) is 0 Å². The van der Waals surface area contributed by atoms with Gasteiger partial charge < -0.3 is 9.64 Å². The van der Waals surface area contributed by atoms with Crippen LogP contribution in [0.3, 0.4) is 0 Å². The lowest BCUT2D eigenvalue weighted by atomic mass is 10.1. The summed E-state index contributed by atoms with van der Waals surface area (Å²) in [6.07, 6.45) is 0.123. The van der Waals surface area contributed by atoms with E-state index in [4.69, 9.17) is 5.14 Å². The Bertz CT molecular complexity index is 714. The van der Waals surface area contributed by atoms with Crippen LogP contribution in [0, 0.1) is 12.8 Å². The van der Waals surface area contributed by atoms with Crippen LogP contribution >= 0.6 is 0 Å². The van der Waals surface area contributed by atoms with E-state index in [1.807, 2.05) is 6.92 Å². The third kappa shape index (κ3) is 3.63. The monoisotopic (exact) mass is 326 g/mol. The third-order valence-corrected chi connectivity index (χ3v) is 4.53. The summed E-state index contributed by atoms with van der Waals surface area (Å²) in [5.41, 5.74) is 1.74. The van der Waals surface area contributed by atoms with Gasteiger partial charge in [-0.15, -0.1) is 0 Å². The van der Waals surface area contributed by atoms with Gasteiger partial charge in [-0.1, -0.05) is 6.07 Å². The van der Waals surface area contributed by atoms with Crippen LogP contribution in [0.1, 0.15) is 22.3 Å². The minimum Gasteiger partial charge on any atom is -0.465 e. The summed E-state index contributed by atoms with van der Waals surface area (Å²) < 4.78 is 27.0. The van der Waals surface area contributed by atoms with Gasteiger partial charge in [0.25, 0.3) is 0 Å². The predicted molar refractivity (Wildman–Crippen MR) is 81.0 cm³/mol. The van der Waals surface area contributed by atoms with E-state index in [-0.39, 0.29) is 30.5 Å². The fourth-order valence-electron chi connectivity index (χ4n) is 2.60. The number of anilines is 1. The van der Waals surface area contributed by atoms with Crippen LogP contribution in [-0.4, -0.2) is 39.7 Å². The highest BCUT2D eigenvalue weighted by Crippen LogP contribution is 2.29. The van der Waals surface area contributed by atoms with Gasteiger partial charge in [0.2, 0.25) is 15.9 Å². The van der Waals surface area contributed by atoms with Gasteiger partial charge in [0, 0.05) is 24.6 Å². The molecule has 1 aliphatic heterocycles. The molecule has 8 heteroatoms. The lowest BCUT2D eigenvalue weighted by Gasteiger charge is -2.19. The van der Waals surface area contributed by atoms with Gasteiger partial charge in [0.05, 0.1) is 18.4 Å². The SMILES string of the molecule is COC(=O)c1ccc(C)c(N2CC(CS(N)(=O)=O)CC2=O)c1. The fourth-order valence-corrected chi connectivity index (χ4v) is 3.48. The molecule has 0 saturated carbocycles. The van der Waals surface area contributed by atoms with E-state index in [9.17, 15) is 18.0 Å². The normalized spacial score (nSPS) is 18.6. The highest BCUT2D eigenvalue weighted by molar-refractivity contribution is 7.89. The van der Waals surface area contributed by atoms with Crippen LogP contribution in [0.4, 0.5) is 5.69 Å². The second-order valence-electron chi connectivity index (χ2n) is 5.40. The Morgan fingerprint density at radius 2 is 2.14 bits per heavy atom. The number of nitrogens with zero attached hydrogens (tertiary/aromatic N) is 1. The average Bonchev–Trinajstić information content (AvgIpc) is 2.76. The van der Waals surface area contributed by atoms with Crippen LogP contribution < -0.4 is 10.0 Å². The van der Waals surface area contributed by atoms with Crippen molar-refractivity contribution < 1.29 is 22.7 Å². The van der Waals surface area contributed by atoms with Crippen molar-refractivity contribution in [3.05, 3.63) is 29.3 Å². The van der Waals surface area contributed by atoms with Crippen LogP contribution in [0.2, 0.25) is 0 Å². The number of carbonyl (C=O) groups excluding carboxylic acids is 2. The Morgan fingerprint density at radius 3 is 2.73 bits per heavy atom. The van der Waals surface area contributed by atoms with Gasteiger partial charge in [-0.3, -0.25) is 4.79 Å². The molecule has 1 aromatic carbocycles. The van der Waals surface area contributed by atoms with Crippen LogP contribution in [-0.2, 0) is 19.6 Å². The Hall–Kier alpha value is -1.93. The lowest BCUT2D eigenvalue weighted by Crippen LogP contribution is -2.28. The second-order valence-corrected chi connectivity index (χ2v) is 7.06. The highest BCUT2D eigenvalue weighted by Gasteiger charge is 2.33. The number of esters is 1. The molecule has 120 valence electrons. The van der Waals surface area contributed by atoms with Crippen LogP contribution in [0.5, 0.6) is 0 Å². The van der Waals surface area contributed by atoms with Crippen molar-refractivity contribution in [2.24, 2.45) is 11.1 Å². The van der Waals surface area contributed by atoms with E-state index < -0.39 is 16.0 Å². The molecule has 1 amide bonds. The molecule has 7 nitrogen and oxygen atoms in total. The van der Waals surface area contributed by atoms with Gasteiger partial charge in [-0.25, -0.2) is 18.4 Å². The number of rotatable bonds is 4. The lowest BCUT2D eigenvalue weighted by molar-refractivity contribution is -0.117. The summed E-state index contributed by atoms with van der Waals surface area (Å²) in [6, 6.07) is 4.92. The first-order valence-corrected chi connectivity index (χ1v) is 8.42. The summed E-state index contributed by atoms with van der Waals surface area (Å²) in [4.78, 5) is 25.2. The molecule has 0 aliphatic carbocycles. The van der Waals surface area contributed by atoms with Gasteiger partial charge in [0.1, 0.15) is 0 Å². The van der Waals surface area contributed by atoms with E-state index >= 15 is 0 Å². The molecule has 22 heavy (non-hydrogen) atoms. The fraction of sp³-hybridized carbons (Fsp3) is 0.429. The summed E-state index contributed by atoms with van der Waals surface area (Å²) in [5, 5.41) is 5.04. The van der Waals surface area contributed by atoms with Crippen molar-refractivity contribution in [2.75, 3.05) is 24.3 Å². The van der Waals surface area contributed by atoms with E-state index in [0.29, 0.717) is 11.3 Å². The molecular formula is C14H18N2O5S. The molecule has 1 unspecified atom stereocenters. The highest BCUT2D eigenvalue weighted by atomic mass is 32.2. The van der Waals surface area contributed by atoms with Gasteiger partial charge in [0.15, 0.2) is 0 Å². The third-order valence-electron chi connectivity index (χ3n) is 3.59. The standard InChI is InChI=1S/C14H18N2O5S/c1-9-3-4-11(14(18)21-2)6-12(9)16-7-10(5-13(16)17)8-22(15,19)20/h3-4,6,10H,5,7-8H2,1-2H3,(H2,15,19,20). The molecular weight excluding hydrogens is 308 g/mol. The van der Waals surface area contributed by atoms with Gasteiger partial charge in [-0.05, 0) is 24.6 Å². The van der Waals surface area contributed by atoms with Gasteiger partial charge >= 0.3 is 5.97 Å². The van der Waals surface area contributed by atoms with E-state index in [1.165, 1.54) is 12.0 Å². The van der Waals surface area contributed by atoms with Crippen molar-refractivity contribution in [1.29, 1.82) is 0 Å². The van der Waals surface area contributed by atoms with Crippen LogP contribution in [0.15, 0.2) is 18.2 Å². The summed E-state index contributed by atoms with van der Waals surface area (Å²) in [7, 11) is -2.34. The Morgan fingerprint density at radius 1 is 1.45 bits per heavy atom. The number of methoxy groups -OCH3 is 1. The average molecular weight is 326 g/mol. The van der Waals surface area contributed by atoms with Crippen molar-refractivity contribution in [2.45, 2.75) is 13.3 Å². The van der Waals surface area contributed by atoms with Crippen molar-refractivity contribution in [3.63, 3.8) is 0 Å². The summed E-state index contributed by atoms with van der Waals surface area (Å²) >= 11 is 0. The van der Waals surface area contributed by atoms with Crippen molar-refractivity contribution >= 4 is 27.6 Å². The predicted octanol–water partition coefficient (Wildman–Crippen LogP) is 0.423.